The Morgan fingerprint density at radius 2 is 2.09 bits per heavy atom. The molecule has 1 aromatic carbocycles. The van der Waals surface area contributed by atoms with Gasteiger partial charge in [-0.3, -0.25) is 9.79 Å². The molecule has 0 unspecified atom stereocenters. The van der Waals surface area contributed by atoms with E-state index in [4.69, 9.17) is 0 Å². The van der Waals surface area contributed by atoms with Crippen LogP contribution < -0.4 is 5.32 Å². The van der Waals surface area contributed by atoms with Crippen molar-refractivity contribution >= 4 is 22.8 Å². The van der Waals surface area contributed by atoms with Gasteiger partial charge in [0.05, 0.1) is 10.4 Å². The van der Waals surface area contributed by atoms with Crippen LogP contribution in [0.4, 0.5) is 0 Å². The van der Waals surface area contributed by atoms with E-state index in [9.17, 15) is 4.79 Å². The Bertz CT molecular complexity index is 649. The average molecular weight is 315 g/mol. The SMILES string of the molecule is CC1=C(C(=O)NCCc2ccccc2)SC2=NC(C)(C)CN21. The van der Waals surface area contributed by atoms with Gasteiger partial charge in [-0.05, 0) is 44.5 Å². The molecule has 0 saturated carbocycles. The van der Waals surface area contributed by atoms with Gasteiger partial charge in [0.1, 0.15) is 0 Å². The Morgan fingerprint density at radius 3 is 2.77 bits per heavy atom. The van der Waals surface area contributed by atoms with Gasteiger partial charge < -0.3 is 10.2 Å². The number of rotatable bonds is 4. The summed E-state index contributed by atoms with van der Waals surface area (Å²) < 4.78 is 0. The van der Waals surface area contributed by atoms with Gasteiger partial charge in [0.25, 0.3) is 5.91 Å². The Balaban J connectivity index is 1.58. The van der Waals surface area contributed by atoms with Crippen LogP contribution in [0.15, 0.2) is 45.9 Å². The number of allylic oxidation sites excluding steroid dienone is 1. The molecule has 1 aromatic rings. The third-order valence-corrected chi connectivity index (χ3v) is 5.03. The molecule has 0 fully saturated rings. The van der Waals surface area contributed by atoms with Crippen LogP contribution in [-0.4, -0.2) is 34.6 Å². The van der Waals surface area contributed by atoms with Crippen molar-refractivity contribution in [2.45, 2.75) is 32.7 Å². The van der Waals surface area contributed by atoms with Crippen LogP contribution in [0.1, 0.15) is 26.3 Å². The summed E-state index contributed by atoms with van der Waals surface area (Å²) >= 11 is 1.49. The van der Waals surface area contributed by atoms with Crippen molar-refractivity contribution in [1.82, 2.24) is 10.2 Å². The fourth-order valence-corrected chi connectivity index (χ4v) is 3.90. The Morgan fingerprint density at radius 1 is 1.36 bits per heavy atom. The summed E-state index contributed by atoms with van der Waals surface area (Å²) in [5, 5.41) is 3.97. The molecule has 4 nitrogen and oxygen atoms in total. The van der Waals surface area contributed by atoms with E-state index >= 15 is 0 Å². The fourth-order valence-electron chi connectivity index (χ4n) is 2.69. The Hall–Kier alpha value is -1.75. The molecule has 0 saturated heterocycles. The topological polar surface area (TPSA) is 44.7 Å². The summed E-state index contributed by atoms with van der Waals surface area (Å²) in [4.78, 5) is 20.0. The third kappa shape index (κ3) is 3.04. The number of hydrogen-bond donors (Lipinski definition) is 1. The monoisotopic (exact) mass is 315 g/mol. The van der Waals surface area contributed by atoms with Crippen LogP contribution in [0.3, 0.4) is 0 Å². The lowest BCUT2D eigenvalue weighted by Crippen LogP contribution is -2.29. The number of thioether (sulfide) groups is 1. The summed E-state index contributed by atoms with van der Waals surface area (Å²) in [6.07, 6.45) is 0.848. The van der Waals surface area contributed by atoms with E-state index in [1.807, 2.05) is 25.1 Å². The van der Waals surface area contributed by atoms with Crippen molar-refractivity contribution in [1.29, 1.82) is 0 Å². The number of carbonyl (C=O) groups excluding carboxylic acids is 1. The lowest BCUT2D eigenvalue weighted by atomic mass is 10.1. The summed E-state index contributed by atoms with van der Waals surface area (Å²) in [6.45, 7) is 7.74. The number of amides is 1. The lowest BCUT2D eigenvalue weighted by molar-refractivity contribution is -0.116. The summed E-state index contributed by atoms with van der Waals surface area (Å²) in [5.41, 5.74) is 2.20. The number of nitrogens with zero attached hydrogens (tertiary/aromatic N) is 2. The second kappa shape index (κ2) is 5.80. The number of fused-ring (bicyclic) bond motifs is 1. The maximum atomic E-state index is 12.4. The van der Waals surface area contributed by atoms with Crippen LogP contribution in [-0.2, 0) is 11.2 Å². The molecule has 22 heavy (non-hydrogen) atoms. The van der Waals surface area contributed by atoms with E-state index in [0.717, 1.165) is 28.7 Å². The van der Waals surface area contributed by atoms with Crippen LogP contribution in [0.2, 0.25) is 0 Å². The highest BCUT2D eigenvalue weighted by atomic mass is 32.2. The van der Waals surface area contributed by atoms with E-state index in [2.05, 4.69) is 41.2 Å². The normalized spacial score (nSPS) is 19.2. The lowest BCUT2D eigenvalue weighted by Gasteiger charge is -2.19. The first kappa shape index (κ1) is 15.2. The number of benzene rings is 1. The highest BCUT2D eigenvalue weighted by Gasteiger charge is 2.39. The number of aliphatic imine (C=N–C) groups is 1. The molecule has 0 aliphatic carbocycles. The van der Waals surface area contributed by atoms with Gasteiger partial charge in [0.15, 0.2) is 5.17 Å². The Labute approximate surface area is 135 Å². The molecule has 0 aromatic heterocycles. The van der Waals surface area contributed by atoms with Gasteiger partial charge in [-0.2, -0.15) is 0 Å². The van der Waals surface area contributed by atoms with E-state index in [1.165, 1.54) is 17.3 Å². The molecule has 2 aliphatic heterocycles. The van der Waals surface area contributed by atoms with Gasteiger partial charge in [-0.25, -0.2) is 0 Å². The first-order valence-corrected chi connectivity index (χ1v) is 8.36. The van der Waals surface area contributed by atoms with E-state index < -0.39 is 0 Å². The molecule has 0 atom stereocenters. The third-order valence-electron chi connectivity index (χ3n) is 3.85. The highest BCUT2D eigenvalue weighted by molar-refractivity contribution is 8.18. The van der Waals surface area contributed by atoms with E-state index in [-0.39, 0.29) is 11.4 Å². The predicted octanol–water partition coefficient (Wildman–Crippen LogP) is 2.77. The van der Waals surface area contributed by atoms with Crippen molar-refractivity contribution in [2.24, 2.45) is 4.99 Å². The fraction of sp³-hybridized carbons (Fsp3) is 0.412. The van der Waals surface area contributed by atoms with Gasteiger partial charge in [-0.1, -0.05) is 30.3 Å². The minimum Gasteiger partial charge on any atom is -0.351 e. The van der Waals surface area contributed by atoms with E-state index in [1.54, 1.807) is 0 Å². The highest BCUT2D eigenvalue weighted by Crippen LogP contribution is 2.40. The first-order chi connectivity index (χ1) is 10.5. The maximum absolute atomic E-state index is 12.4. The summed E-state index contributed by atoms with van der Waals surface area (Å²) in [6, 6.07) is 10.2. The number of carbonyl (C=O) groups is 1. The minimum atomic E-state index is -0.0566. The van der Waals surface area contributed by atoms with Gasteiger partial charge in [0.2, 0.25) is 0 Å². The minimum absolute atomic E-state index is 0.00772. The zero-order valence-electron chi connectivity index (χ0n) is 13.2. The zero-order chi connectivity index (χ0) is 15.7. The number of hydrogen-bond acceptors (Lipinski definition) is 4. The summed E-state index contributed by atoms with van der Waals surface area (Å²) in [7, 11) is 0. The predicted molar refractivity (Wildman–Crippen MR) is 91.7 cm³/mol. The van der Waals surface area contributed by atoms with Crippen LogP contribution >= 0.6 is 11.8 Å². The Kier molecular flexibility index (Phi) is 4.00. The molecule has 116 valence electrons. The first-order valence-electron chi connectivity index (χ1n) is 7.54. The molecule has 1 amide bonds. The van der Waals surface area contributed by atoms with Crippen molar-refractivity contribution in [3.05, 3.63) is 46.5 Å². The second-order valence-corrected chi connectivity index (χ2v) is 7.28. The quantitative estimate of drug-likeness (QED) is 0.929. The molecular weight excluding hydrogens is 294 g/mol. The van der Waals surface area contributed by atoms with Crippen LogP contribution in [0, 0.1) is 0 Å². The smallest absolute Gasteiger partial charge is 0.259 e. The van der Waals surface area contributed by atoms with Crippen molar-refractivity contribution < 1.29 is 4.79 Å². The van der Waals surface area contributed by atoms with Gasteiger partial charge in [0, 0.05) is 18.8 Å². The van der Waals surface area contributed by atoms with Crippen molar-refractivity contribution in [3.63, 3.8) is 0 Å². The van der Waals surface area contributed by atoms with Crippen molar-refractivity contribution in [3.8, 4) is 0 Å². The number of amidine groups is 1. The molecule has 3 rings (SSSR count). The standard InChI is InChI=1S/C17H21N3OS/c1-12-14(22-16-19-17(2,3)11-20(12)16)15(21)18-10-9-13-7-5-4-6-8-13/h4-8H,9-11H2,1-3H3,(H,18,21). The molecule has 5 heteroatoms. The van der Waals surface area contributed by atoms with Crippen molar-refractivity contribution in [2.75, 3.05) is 13.1 Å². The number of nitrogens with one attached hydrogen (secondary N) is 1. The molecule has 2 aliphatic rings. The van der Waals surface area contributed by atoms with Crippen LogP contribution in [0.25, 0.3) is 0 Å². The summed E-state index contributed by atoms with van der Waals surface area (Å²) in [5.74, 6) is 0.00772. The second-order valence-electron chi connectivity index (χ2n) is 6.30. The molecule has 0 radical (unpaired) electrons. The van der Waals surface area contributed by atoms with Crippen LogP contribution in [0.5, 0.6) is 0 Å². The molecular formula is C17H21N3OS. The largest absolute Gasteiger partial charge is 0.351 e. The average Bonchev–Trinajstić information content (AvgIpc) is 2.94. The maximum Gasteiger partial charge on any atom is 0.259 e. The zero-order valence-corrected chi connectivity index (χ0v) is 14.0. The molecule has 0 bridgehead atoms. The van der Waals surface area contributed by atoms with Gasteiger partial charge >= 0.3 is 0 Å². The molecule has 2 heterocycles. The van der Waals surface area contributed by atoms with Gasteiger partial charge in [-0.15, -0.1) is 0 Å². The molecule has 1 N–H and O–H groups in total. The van der Waals surface area contributed by atoms with E-state index in [0.29, 0.717) is 6.54 Å². The molecule has 0 spiro atoms.